The maximum absolute atomic E-state index is 14.5. The molecule has 0 aromatic rings. The van der Waals surface area contributed by atoms with Crippen LogP contribution in [0.25, 0.3) is 0 Å². The highest BCUT2D eigenvalue weighted by Gasteiger charge is 2.44. The van der Waals surface area contributed by atoms with Crippen LogP contribution in [0.2, 0.25) is 0 Å². The lowest BCUT2D eigenvalue weighted by atomic mass is 9.92. The van der Waals surface area contributed by atoms with Crippen LogP contribution in [0, 0.1) is 11.3 Å². The summed E-state index contributed by atoms with van der Waals surface area (Å²) < 4.78 is 20.7. The maximum Gasteiger partial charge on any atom is 0.186 e. The first-order chi connectivity index (χ1) is 13.6. The Balaban J connectivity index is 2.92. The van der Waals surface area contributed by atoms with Gasteiger partial charge in [-0.05, 0) is 60.5 Å². The normalized spacial score (nSPS) is 18.9. The molecule has 1 aliphatic rings. The van der Waals surface area contributed by atoms with Gasteiger partial charge in [0.1, 0.15) is 11.6 Å². The predicted octanol–water partition coefficient (Wildman–Crippen LogP) is 6.84. The summed E-state index contributed by atoms with van der Waals surface area (Å²) in [6, 6.07) is 0. The molecule has 1 fully saturated rings. The van der Waals surface area contributed by atoms with Crippen molar-refractivity contribution in [1.82, 2.24) is 0 Å². The zero-order valence-corrected chi connectivity index (χ0v) is 20.4. The van der Waals surface area contributed by atoms with Gasteiger partial charge >= 0.3 is 0 Å². The van der Waals surface area contributed by atoms with Crippen LogP contribution < -0.4 is 0 Å². The van der Waals surface area contributed by atoms with Crippen molar-refractivity contribution in [2.75, 3.05) is 13.2 Å². The number of rotatable bonds is 13. The Hall–Kier alpha value is -0.850. The van der Waals surface area contributed by atoms with Crippen LogP contribution in [0.5, 0.6) is 0 Å². The Morgan fingerprint density at radius 3 is 2.55 bits per heavy atom. The van der Waals surface area contributed by atoms with Crippen molar-refractivity contribution < 1.29 is 19.0 Å². The third-order valence-electron chi connectivity index (χ3n) is 5.13. The Bertz CT molecular complexity index is 665. The van der Waals surface area contributed by atoms with Crippen molar-refractivity contribution in [2.45, 2.75) is 65.0 Å². The second-order valence-electron chi connectivity index (χ2n) is 7.91. The first kappa shape index (κ1) is 26.2. The quantitative estimate of drug-likeness (QED) is 0.175. The summed E-state index contributed by atoms with van der Waals surface area (Å²) >= 11 is 4.31. The fourth-order valence-electron chi connectivity index (χ4n) is 3.13. The van der Waals surface area contributed by atoms with E-state index in [9.17, 15) is 14.3 Å². The minimum absolute atomic E-state index is 0.0705. The highest BCUT2D eigenvalue weighted by atomic mass is 79.9. The van der Waals surface area contributed by atoms with E-state index in [4.69, 9.17) is 4.74 Å². The molecule has 29 heavy (non-hydrogen) atoms. The first-order valence-corrected chi connectivity index (χ1v) is 11.8. The molecule has 1 unspecified atom stereocenters. The number of aliphatic hydroxyl groups excluding tert-OH is 1. The van der Waals surface area contributed by atoms with Crippen molar-refractivity contribution in [3.63, 3.8) is 0 Å². The molecule has 1 rings (SSSR count). The Labute approximate surface area is 187 Å². The summed E-state index contributed by atoms with van der Waals surface area (Å²) in [4.78, 5) is 11.2. The maximum atomic E-state index is 14.5. The van der Waals surface area contributed by atoms with Gasteiger partial charge < -0.3 is 9.84 Å². The second kappa shape index (κ2) is 12.8. The molecule has 0 aliphatic heterocycles. The van der Waals surface area contributed by atoms with Gasteiger partial charge in [0.25, 0.3) is 0 Å². The molecular weight excluding hydrogens is 455 g/mol. The number of allylic oxidation sites excluding steroid dienone is 4. The molecule has 0 heterocycles. The summed E-state index contributed by atoms with van der Waals surface area (Å²) in [5.41, 5.74) is 0.269. The third-order valence-corrected chi connectivity index (χ3v) is 6.34. The van der Waals surface area contributed by atoms with Gasteiger partial charge in [-0.3, -0.25) is 4.79 Å². The number of hydrogen-bond donors (Lipinski definition) is 1. The minimum Gasteiger partial charge on any atom is -0.493 e. The van der Waals surface area contributed by atoms with Gasteiger partial charge in [-0.25, -0.2) is 4.39 Å². The smallest absolute Gasteiger partial charge is 0.186 e. The zero-order valence-electron chi connectivity index (χ0n) is 18.0. The molecule has 1 N–H and O–H groups in total. The number of carbonyl (C=O) groups is 1. The Morgan fingerprint density at radius 1 is 1.41 bits per heavy atom. The predicted molar refractivity (Wildman–Crippen MR) is 125 cm³/mol. The van der Waals surface area contributed by atoms with Crippen molar-refractivity contribution in [1.29, 1.82) is 0 Å². The molecule has 0 aromatic carbocycles. The van der Waals surface area contributed by atoms with Crippen LogP contribution in [0.3, 0.4) is 0 Å². The van der Waals surface area contributed by atoms with E-state index in [2.05, 4.69) is 36.4 Å². The van der Waals surface area contributed by atoms with Gasteiger partial charge in [0.2, 0.25) is 0 Å². The summed E-state index contributed by atoms with van der Waals surface area (Å²) in [7, 11) is 0. The molecule has 0 radical (unpaired) electrons. The molecule has 0 spiro atoms. The van der Waals surface area contributed by atoms with Crippen molar-refractivity contribution >= 4 is 32.8 Å². The number of aliphatic hydroxyl groups is 1. The van der Waals surface area contributed by atoms with Gasteiger partial charge in [0.05, 0.1) is 18.8 Å². The summed E-state index contributed by atoms with van der Waals surface area (Å²) in [6.07, 6.45) is 10.6. The van der Waals surface area contributed by atoms with E-state index in [0.29, 0.717) is 24.7 Å². The van der Waals surface area contributed by atoms with Gasteiger partial charge in [0, 0.05) is 22.1 Å². The standard InChI is InChI=1S/C23H34BrFO3S/c1-6-16(2)13-23(11-12-23)15-28-21(20(14-26)22(25)18(4)24)10-8-7-9-17(3)29-19(5)27/h7,9-10,16-17,26H,4,6,8,11-15H2,1-3,5H3/b9-7-,21-10+,22-20+/t16-,17?/m0/s1. The van der Waals surface area contributed by atoms with Crippen LogP contribution in [-0.2, 0) is 9.53 Å². The molecule has 2 atom stereocenters. The molecular formula is C23H34BrFO3S. The number of carbonyl (C=O) groups excluding carboxylic acids is 1. The van der Waals surface area contributed by atoms with E-state index >= 15 is 0 Å². The molecule has 1 saturated carbocycles. The van der Waals surface area contributed by atoms with E-state index in [1.54, 1.807) is 13.0 Å². The van der Waals surface area contributed by atoms with Crippen LogP contribution in [0.4, 0.5) is 4.39 Å². The second-order valence-corrected chi connectivity index (χ2v) is 10.4. The fourth-order valence-corrected chi connectivity index (χ4v) is 4.09. The van der Waals surface area contributed by atoms with Gasteiger partial charge in [-0.2, -0.15) is 0 Å². The van der Waals surface area contributed by atoms with E-state index in [0.717, 1.165) is 25.7 Å². The van der Waals surface area contributed by atoms with E-state index < -0.39 is 12.4 Å². The highest BCUT2D eigenvalue weighted by molar-refractivity contribution is 9.11. The summed E-state index contributed by atoms with van der Waals surface area (Å²) in [5.74, 6) is 0.385. The molecule has 1 aliphatic carbocycles. The summed E-state index contributed by atoms with van der Waals surface area (Å²) in [6.45, 7) is 11.5. The third kappa shape index (κ3) is 9.67. The lowest BCUT2D eigenvalue weighted by Gasteiger charge is -2.22. The molecule has 164 valence electrons. The lowest BCUT2D eigenvalue weighted by molar-refractivity contribution is -0.109. The topological polar surface area (TPSA) is 46.5 Å². The van der Waals surface area contributed by atoms with Crippen LogP contribution in [0.15, 0.2) is 46.4 Å². The summed E-state index contributed by atoms with van der Waals surface area (Å²) in [5, 5.41) is 9.89. The molecule has 0 aromatic heterocycles. The molecule has 6 heteroatoms. The first-order valence-electron chi connectivity index (χ1n) is 10.2. The monoisotopic (exact) mass is 488 g/mol. The molecule has 0 bridgehead atoms. The average Bonchev–Trinajstić information content (AvgIpc) is 3.41. The largest absolute Gasteiger partial charge is 0.493 e. The number of halogens is 2. The van der Waals surface area contributed by atoms with Crippen molar-refractivity contribution in [2.24, 2.45) is 11.3 Å². The SMILES string of the molecule is C=C(Br)/C(F)=C(CO)\C(=C/C/C=C\C(C)SC(C)=O)OCC1(C[C@@H](C)CC)CC1. The Kier molecular flexibility index (Phi) is 11.5. The van der Waals surface area contributed by atoms with Crippen molar-refractivity contribution in [3.05, 3.63) is 46.4 Å². The van der Waals surface area contributed by atoms with E-state index in [1.807, 2.05) is 19.1 Å². The minimum atomic E-state index is -0.602. The fraction of sp³-hybridized carbons (Fsp3) is 0.609. The number of thioether (sulfide) groups is 1. The number of ether oxygens (including phenoxy) is 1. The molecule has 0 saturated heterocycles. The lowest BCUT2D eigenvalue weighted by Crippen LogP contribution is -2.15. The van der Waals surface area contributed by atoms with Crippen LogP contribution in [0.1, 0.15) is 59.8 Å². The van der Waals surface area contributed by atoms with E-state index in [1.165, 1.54) is 11.8 Å². The highest BCUT2D eigenvalue weighted by Crippen LogP contribution is 2.51. The van der Waals surface area contributed by atoms with Gasteiger partial charge in [-0.15, -0.1) is 0 Å². The van der Waals surface area contributed by atoms with E-state index in [-0.39, 0.29) is 25.8 Å². The Morgan fingerprint density at radius 2 is 2.07 bits per heavy atom. The van der Waals surface area contributed by atoms with Crippen LogP contribution in [-0.4, -0.2) is 28.7 Å². The van der Waals surface area contributed by atoms with Crippen molar-refractivity contribution in [3.8, 4) is 0 Å². The molecule has 3 nitrogen and oxygen atoms in total. The van der Waals surface area contributed by atoms with Crippen LogP contribution >= 0.6 is 27.7 Å². The number of hydrogen-bond acceptors (Lipinski definition) is 4. The van der Waals surface area contributed by atoms with Gasteiger partial charge in [0.15, 0.2) is 5.12 Å². The van der Waals surface area contributed by atoms with Gasteiger partial charge in [-0.1, -0.05) is 50.8 Å². The average molecular weight is 489 g/mol. The zero-order chi connectivity index (χ0) is 22.0. The molecule has 0 amide bonds.